The Morgan fingerprint density at radius 3 is 3.06 bits per heavy atom. The molecule has 2 N–H and O–H groups in total. The zero-order chi connectivity index (χ0) is 11.9. The van der Waals surface area contributed by atoms with Crippen LogP contribution in [0.3, 0.4) is 0 Å². The Balaban J connectivity index is 1.68. The first-order valence-corrected chi connectivity index (χ1v) is 6.06. The number of carbonyl (C=O) groups excluding carboxylic acids is 1. The van der Waals surface area contributed by atoms with Gasteiger partial charge in [0.2, 0.25) is 5.89 Å². The molecule has 1 aliphatic heterocycles. The van der Waals surface area contributed by atoms with Gasteiger partial charge in [-0.3, -0.25) is 4.79 Å². The van der Waals surface area contributed by atoms with Crippen LogP contribution in [0, 0.1) is 0 Å². The van der Waals surface area contributed by atoms with E-state index in [1.807, 2.05) is 6.92 Å². The Kier molecular flexibility index (Phi) is 2.39. The molecule has 1 saturated carbocycles. The van der Waals surface area contributed by atoms with Gasteiger partial charge in [-0.25, -0.2) is 0 Å². The molecule has 0 radical (unpaired) electrons. The third-order valence-electron chi connectivity index (χ3n) is 3.42. The maximum Gasteiger partial charge on any atom is 0.293 e. The molecule has 1 aliphatic carbocycles. The standard InChI is InChI=1S/C11H16N4O2/c1-11(4-5-11)14-9(16)8-13-10(17-15-8)7-3-2-6-12-7/h7,12H,2-6H2,1H3,(H,14,16). The van der Waals surface area contributed by atoms with E-state index in [-0.39, 0.29) is 23.3 Å². The van der Waals surface area contributed by atoms with Gasteiger partial charge in [0.15, 0.2) is 0 Å². The summed E-state index contributed by atoms with van der Waals surface area (Å²) < 4.78 is 5.12. The summed E-state index contributed by atoms with van der Waals surface area (Å²) in [6, 6.07) is 0.112. The Labute approximate surface area is 99.2 Å². The van der Waals surface area contributed by atoms with Gasteiger partial charge < -0.3 is 15.2 Å². The maximum atomic E-state index is 11.8. The third-order valence-corrected chi connectivity index (χ3v) is 3.42. The molecule has 6 nitrogen and oxygen atoms in total. The lowest BCUT2D eigenvalue weighted by molar-refractivity contribution is 0.0922. The first-order valence-electron chi connectivity index (χ1n) is 6.06. The van der Waals surface area contributed by atoms with Gasteiger partial charge in [-0.05, 0) is 39.2 Å². The van der Waals surface area contributed by atoms with Crippen molar-refractivity contribution in [3.63, 3.8) is 0 Å². The monoisotopic (exact) mass is 236 g/mol. The first-order chi connectivity index (χ1) is 8.16. The van der Waals surface area contributed by atoms with Gasteiger partial charge in [-0.15, -0.1) is 0 Å². The van der Waals surface area contributed by atoms with Gasteiger partial charge in [-0.1, -0.05) is 5.16 Å². The number of nitrogens with one attached hydrogen (secondary N) is 2. The minimum atomic E-state index is -0.238. The molecule has 1 saturated heterocycles. The SMILES string of the molecule is CC1(NC(=O)c2noc(C3CCCN3)n2)CC1. The fraction of sp³-hybridized carbons (Fsp3) is 0.727. The molecule has 6 heteroatoms. The first kappa shape index (κ1) is 10.7. The van der Waals surface area contributed by atoms with E-state index < -0.39 is 0 Å². The molecule has 0 aromatic carbocycles. The third kappa shape index (κ3) is 2.17. The summed E-state index contributed by atoms with van der Waals surface area (Å²) in [5, 5.41) is 9.90. The van der Waals surface area contributed by atoms with Crippen LogP contribution >= 0.6 is 0 Å². The van der Waals surface area contributed by atoms with E-state index >= 15 is 0 Å². The fourth-order valence-electron chi connectivity index (χ4n) is 2.01. The second kappa shape index (κ2) is 3.80. The summed E-state index contributed by atoms with van der Waals surface area (Å²) in [6.45, 7) is 2.98. The molecule has 2 heterocycles. The number of carbonyl (C=O) groups is 1. The van der Waals surface area contributed by atoms with Crippen LogP contribution in [0.25, 0.3) is 0 Å². The highest BCUT2D eigenvalue weighted by Crippen LogP contribution is 2.34. The van der Waals surface area contributed by atoms with Crippen molar-refractivity contribution in [3.8, 4) is 0 Å². The van der Waals surface area contributed by atoms with Crippen molar-refractivity contribution in [2.45, 2.75) is 44.2 Å². The zero-order valence-corrected chi connectivity index (χ0v) is 9.82. The zero-order valence-electron chi connectivity index (χ0n) is 9.82. The van der Waals surface area contributed by atoms with Gasteiger partial charge in [0.05, 0.1) is 6.04 Å². The predicted molar refractivity (Wildman–Crippen MR) is 59.4 cm³/mol. The van der Waals surface area contributed by atoms with Gasteiger partial charge in [0.25, 0.3) is 11.7 Å². The summed E-state index contributed by atoms with van der Waals surface area (Å²) in [5.41, 5.74) is -0.0521. The topological polar surface area (TPSA) is 80.0 Å². The predicted octanol–water partition coefficient (Wildman–Crippen LogP) is 0.776. The van der Waals surface area contributed by atoms with E-state index in [1.54, 1.807) is 0 Å². The van der Waals surface area contributed by atoms with Crippen molar-refractivity contribution in [2.75, 3.05) is 6.54 Å². The fourth-order valence-corrected chi connectivity index (χ4v) is 2.01. The number of hydrogen-bond acceptors (Lipinski definition) is 5. The van der Waals surface area contributed by atoms with Crippen molar-refractivity contribution >= 4 is 5.91 Å². The highest BCUT2D eigenvalue weighted by molar-refractivity contribution is 5.91. The van der Waals surface area contributed by atoms with Crippen LogP contribution in [0.1, 0.15) is 55.2 Å². The molecular weight excluding hydrogens is 220 g/mol. The van der Waals surface area contributed by atoms with Crippen LogP contribution in [0.2, 0.25) is 0 Å². The van der Waals surface area contributed by atoms with Crippen LogP contribution in [0.5, 0.6) is 0 Å². The lowest BCUT2D eigenvalue weighted by Gasteiger charge is -2.08. The smallest absolute Gasteiger partial charge is 0.293 e. The highest BCUT2D eigenvalue weighted by atomic mass is 16.5. The summed E-state index contributed by atoms with van der Waals surface area (Å²) in [6.07, 6.45) is 4.13. The van der Waals surface area contributed by atoms with E-state index in [1.165, 1.54) is 0 Å². The van der Waals surface area contributed by atoms with Gasteiger partial charge in [-0.2, -0.15) is 4.98 Å². The number of aromatic nitrogens is 2. The average molecular weight is 236 g/mol. The van der Waals surface area contributed by atoms with Gasteiger partial charge in [0.1, 0.15) is 0 Å². The van der Waals surface area contributed by atoms with E-state index in [9.17, 15) is 4.79 Å². The molecule has 1 aromatic heterocycles. The minimum absolute atomic E-state index is 0.0521. The van der Waals surface area contributed by atoms with E-state index in [0.717, 1.165) is 32.2 Å². The minimum Gasteiger partial charge on any atom is -0.344 e. The molecule has 1 amide bonds. The molecule has 1 atom stereocenters. The number of amides is 1. The number of rotatable bonds is 3. The molecule has 2 aliphatic rings. The Hall–Kier alpha value is -1.43. The molecular formula is C11H16N4O2. The van der Waals surface area contributed by atoms with Gasteiger partial charge in [0, 0.05) is 5.54 Å². The van der Waals surface area contributed by atoms with Crippen LogP contribution in [-0.4, -0.2) is 28.1 Å². The van der Waals surface area contributed by atoms with Crippen molar-refractivity contribution in [3.05, 3.63) is 11.7 Å². The quantitative estimate of drug-likeness (QED) is 0.810. The van der Waals surface area contributed by atoms with Crippen LogP contribution in [0.4, 0.5) is 0 Å². The van der Waals surface area contributed by atoms with E-state index in [2.05, 4.69) is 20.8 Å². The summed E-state index contributed by atoms with van der Waals surface area (Å²) in [4.78, 5) is 16.0. The van der Waals surface area contributed by atoms with Crippen molar-refractivity contribution in [1.82, 2.24) is 20.8 Å². The van der Waals surface area contributed by atoms with Crippen molar-refractivity contribution in [2.24, 2.45) is 0 Å². The molecule has 17 heavy (non-hydrogen) atoms. The summed E-state index contributed by atoms with van der Waals surface area (Å²) in [5.74, 6) is 0.424. The van der Waals surface area contributed by atoms with Gasteiger partial charge >= 0.3 is 0 Å². The summed E-state index contributed by atoms with van der Waals surface area (Å²) in [7, 11) is 0. The Bertz CT molecular complexity index is 432. The Morgan fingerprint density at radius 1 is 1.59 bits per heavy atom. The average Bonchev–Trinajstić information content (AvgIpc) is 2.84. The summed E-state index contributed by atoms with van der Waals surface area (Å²) >= 11 is 0. The van der Waals surface area contributed by atoms with E-state index in [4.69, 9.17) is 4.52 Å². The van der Waals surface area contributed by atoms with Crippen molar-refractivity contribution < 1.29 is 9.32 Å². The van der Waals surface area contributed by atoms with E-state index in [0.29, 0.717) is 5.89 Å². The lowest BCUT2D eigenvalue weighted by atomic mass is 10.2. The maximum absolute atomic E-state index is 11.8. The number of nitrogens with zero attached hydrogens (tertiary/aromatic N) is 2. The van der Waals surface area contributed by atoms with Crippen LogP contribution in [0.15, 0.2) is 4.52 Å². The van der Waals surface area contributed by atoms with Crippen LogP contribution < -0.4 is 10.6 Å². The normalized spacial score (nSPS) is 25.8. The molecule has 1 aromatic rings. The molecule has 2 fully saturated rings. The molecule has 0 spiro atoms. The lowest BCUT2D eigenvalue weighted by Crippen LogP contribution is -2.34. The Morgan fingerprint density at radius 2 is 2.41 bits per heavy atom. The number of hydrogen-bond donors (Lipinski definition) is 2. The molecule has 1 unspecified atom stereocenters. The largest absolute Gasteiger partial charge is 0.344 e. The second-order valence-electron chi connectivity index (χ2n) is 5.12. The highest BCUT2D eigenvalue weighted by Gasteiger charge is 2.39. The molecule has 3 rings (SSSR count). The molecule has 0 bridgehead atoms. The second-order valence-corrected chi connectivity index (χ2v) is 5.12. The van der Waals surface area contributed by atoms with Crippen molar-refractivity contribution in [1.29, 1.82) is 0 Å². The molecule has 92 valence electrons. The van der Waals surface area contributed by atoms with Crippen LogP contribution in [-0.2, 0) is 0 Å².